The molecule has 0 radical (unpaired) electrons. The zero-order chi connectivity index (χ0) is 69.6. The fourth-order valence-corrected chi connectivity index (χ4v) is 13.2. The normalized spacial score (nSPS) is 28.1. The summed E-state index contributed by atoms with van der Waals surface area (Å²) in [6.07, 6.45) is 10.1. The Morgan fingerprint density at radius 2 is 0.737 bits per heavy atom. The van der Waals surface area contributed by atoms with E-state index in [1.807, 2.05) is 0 Å². The van der Waals surface area contributed by atoms with Crippen LogP contribution in [0.2, 0.25) is 0 Å². The lowest BCUT2D eigenvalue weighted by molar-refractivity contribution is -0.360. The van der Waals surface area contributed by atoms with Gasteiger partial charge in [0.2, 0.25) is 0 Å². The number of carbonyl (C=O) groups is 3. The van der Waals surface area contributed by atoms with E-state index in [9.17, 15) is 74.9 Å². The molecule has 2 saturated heterocycles. The molecule has 11 N–H and O–H groups in total. The number of esters is 3. The molecule has 0 aromatic carbocycles. The lowest BCUT2D eigenvalue weighted by Crippen LogP contribution is -2.69. The highest BCUT2D eigenvalue weighted by atomic mass is 31.2. The van der Waals surface area contributed by atoms with Gasteiger partial charge in [0.1, 0.15) is 98.7 Å². The molecule has 0 aromatic rings. The van der Waals surface area contributed by atoms with Gasteiger partial charge in [-0.3, -0.25) is 23.4 Å². The zero-order valence-electron chi connectivity index (χ0n) is 58.0. The topological polar surface area (TPSA) is 374 Å². The Balaban J connectivity index is 1.74. The minimum atomic E-state index is -5.69. The van der Waals surface area contributed by atoms with E-state index in [1.54, 1.807) is 0 Å². The van der Waals surface area contributed by atoms with Crippen LogP contribution >= 0.6 is 7.82 Å². The van der Waals surface area contributed by atoms with E-state index in [-0.39, 0.29) is 19.3 Å². The second-order valence-corrected chi connectivity index (χ2v) is 28.1. The third-order valence-corrected chi connectivity index (χ3v) is 19.3. The lowest BCUT2D eigenvalue weighted by Gasteiger charge is -2.49. The first kappa shape index (κ1) is 86.9. The minimum absolute atomic E-state index is 0.0275. The number of unbranched alkanes of at least 4 members (excludes halogenated alkanes) is 34. The lowest BCUT2D eigenvalue weighted by atomic mass is 9.84. The summed E-state index contributed by atoms with van der Waals surface area (Å²) in [5.41, 5.74) is 0. The molecule has 24 nitrogen and oxygen atoms in total. The Morgan fingerprint density at radius 1 is 0.400 bits per heavy atom. The van der Waals surface area contributed by atoms with Gasteiger partial charge in [-0.25, -0.2) is 4.57 Å². The van der Waals surface area contributed by atoms with Gasteiger partial charge in [-0.1, -0.05) is 232 Å². The molecule has 1 saturated carbocycles. The highest BCUT2D eigenvalue weighted by Gasteiger charge is 2.58. The van der Waals surface area contributed by atoms with Gasteiger partial charge in [-0.15, -0.1) is 0 Å². The van der Waals surface area contributed by atoms with Crippen molar-refractivity contribution in [3.63, 3.8) is 0 Å². The number of hydrogen-bond acceptors (Lipinski definition) is 23. The van der Waals surface area contributed by atoms with Crippen LogP contribution < -0.4 is 0 Å². The summed E-state index contributed by atoms with van der Waals surface area (Å²) >= 11 is 0. The van der Waals surface area contributed by atoms with Gasteiger partial charge >= 0.3 is 25.7 Å². The van der Waals surface area contributed by atoms with E-state index >= 15 is 0 Å². The van der Waals surface area contributed by atoms with Gasteiger partial charge in [-0.05, 0) is 44.9 Å². The maximum atomic E-state index is 14.3. The Labute approximate surface area is 567 Å². The predicted molar refractivity (Wildman–Crippen MR) is 356 cm³/mol. The number of phosphoric acid groups is 1. The molecule has 0 amide bonds. The fourth-order valence-electron chi connectivity index (χ4n) is 12.2. The number of rotatable bonds is 57. The molecule has 25 heteroatoms. The number of hydrogen-bond donors (Lipinski definition) is 11. The number of ether oxygens (including phenoxy) is 7. The van der Waals surface area contributed by atoms with Crippen molar-refractivity contribution in [2.45, 2.75) is 388 Å². The minimum Gasteiger partial charge on any atom is -0.463 e. The molecule has 1 aliphatic carbocycles. The zero-order valence-corrected chi connectivity index (χ0v) is 58.9. The molecule has 0 aromatic heterocycles. The molecule has 3 fully saturated rings. The van der Waals surface area contributed by atoms with Gasteiger partial charge < -0.3 is 89.1 Å². The van der Waals surface area contributed by atoms with Crippen LogP contribution in [0.4, 0.5) is 0 Å². The third-order valence-electron chi connectivity index (χ3n) is 18.3. The summed E-state index contributed by atoms with van der Waals surface area (Å²) < 4.78 is 64.9. The average molecular weight is 1390 g/mol. The van der Waals surface area contributed by atoms with Crippen molar-refractivity contribution >= 4 is 25.7 Å². The summed E-state index contributed by atoms with van der Waals surface area (Å²) in [7, 11) is -5.69. The standard InChI is InChI=1S/C70H129O24P/c1-4-7-10-13-16-19-22-25-26-28-31-33-36-39-42-45-55(73)87-50-53-58(76)60(78)65(83)70(91-53)93-67-63(81)61(79)62(80)66(92-69-64(82)59(77)57(75)52(47-71)90-69)68(67)94-95(84,85)88-49-51(89-56(74)46-43-40-37-34-29-24-21-18-15-12-9-6-3)48-86-54(72)44-41-38-35-32-30-27-23-20-17-14-11-8-5-2/h27,30,51-53,57-71,75-83H,4-26,28-29,31-50H2,1-3H3,(H,84,85)/b30-27-. The smallest absolute Gasteiger partial charge is 0.463 e. The SMILES string of the molecule is CCCCCCCC/C=C\CCCCCC(=O)OCC(COP(=O)(O)OC1C(OC2OC(CO)C(O)C(O)C2O)C(O)C(O)C(O)C1OC1OC(COC(=O)CCCCCCCCCCCCCCCCC)C(O)C(O)C1O)OC(=O)CCCCCCCCCCCCCC. The highest BCUT2D eigenvalue weighted by Crippen LogP contribution is 2.49. The van der Waals surface area contributed by atoms with Crippen molar-refractivity contribution < 1.29 is 117 Å². The monoisotopic (exact) mass is 1380 g/mol. The quantitative estimate of drug-likeness (QED) is 0.00887. The molecule has 0 bridgehead atoms. The number of allylic oxidation sites excluding steroid dienone is 2. The number of phosphoric ester groups is 1. The Morgan fingerprint density at radius 3 is 1.15 bits per heavy atom. The van der Waals surface area contributed by atoms with Crippen molar-refractivity contribution in [3.05, 3.63) is 12.2 Å². The number of aliphatic hydroxyl groups excluding tert-OH is 10. The molecule has 0 spiro atoms. The number of aliphatic hydroxyl groups is 10. The van der Waals surface area contributed by atoms with Crippen LogP contribution in [0.15, 0.2) is 12.2 Å². The van der Waals surface area contributed by atoms with E-state index in [0.29, 0.717) is 19.3 Å². The molecule has 2 aliphatic heterocycles. The van der Waals surface area contributed by atoms with Crippen molar-refractivity contribution in [1.82, 2.24) is 0 Å². The van der Waals surface area contributed by atoms with Crippen molar-refractivity contribution in [2.24, 2.45) is 0 Å². The summed E-state index contributed by atoms with van der Waals surface area (Å²) in [6, 6.07) is 0. The molecule has 2 heterocycles. The van der Waals surface area contributed by atoms with Gasteiger partial charge in [0.25, 0.3) is 0 Å². The van der Waals surface area contributed by atoms with Gasteiger partial charge in [0.05, 0.1) is 13.2 Å². The van der Waals surface area contributed by atoms with E-state index in [2.05, 4.69) is 32.9 Å². The molecule has 3 rings (SSSR count). The summed E-state index contributed by atoms with van der Waals surface area (Å²) in [6.45, 7) is 3.42. The fraction of sp³-hybridized carbons (Fsp3) is 0.929. The first-order valence-corrected chi connectivity index (χ1v) is 38.5. The van der Waals surface area contributed by atoms with E-state index in [0.717, 1.165) is 96.3 Å². The van der Waals surface area contributed by atoms with Crippen LogP contribution in [0.3, 0.4) is 0 Å². The molecule has 18 atom stereocenters. The molecular weight excluding hydrogens is 1260 g/mol. The van der Waals surface area contributed by atoms with E-state index in [4.69, 9.17) is 42.2 Å². The number of carbonyl (C=O) groups excluding carboxylic acids is 3. The van der Waals surface area contributed by atoms with Crippen LogP contribution in [-0.2, 0) is 61.2 Å². The Kier molecular flexibility index (Phi) is 48.2. The molecule has 3 aliphatic rings. The third kappa shape index (κ3) is 36.2. The maximum Gasteiger partial charge on any atom is 0.472 e. The molecular formula is C70H129O24P. The van der Waals surface area contributed by atoms with Crippen LogP contribution in [0.25, 0.3) is 0 Å². The molecule has 18 unspecified atom stereocenters. The second-order valence-electron chi connectivity index (χ2n) is 26.7. The van der Waals surface area contributed by atoms with Gasteiger partial charge in [-0.2, -0.15) is 0 Å². The highest BCUT2D eigenvalue weighted by molar-refractivity contribution is 7.47. The van der Waals surface area contributed by atoms with Crippen LogP contribution in [0, 0.1) is 0 Å². The second kappa shape index (κ2) is 52.6. The van der Waals surface area contributed by atoms with E-state index in [1.165, 1.54) is 128 Å². The summed E-state index contributed by atoms with van der Waals surface area (Å²) in [4.78, 5) is 50.9. The summed E-state index contributed by atoms with van der Waals surface area (Å²) in [5.74, 6) is -2.00. The molecule has 95 heavy (non-hydrogen) atoms. The van der Waals surface area contributed by atoms with Crippen LogP contribution in [0.1, 0.15) is 284 Å². The van der Waals surface area contributed by atoms with Crippen molar-refractivity contribution in [2.75, 3.05) is 26.4 Å². The largest absolute Gasteiger partial charge is 0.472 e. The predicted octanol–water partition coefficient (Wildman–Crippen LogP) is 9.57. The van der Waals surface area contributed by atoms with Crippen LogP contribution in [-0.4, -0.2) is 204 Å². The first-order chi connectivity index (χ1) is 45.8. The summed E-state index contributed by atoms with van der Waals surface area (Å²) in [5, 5.41) is 110. The van der Waals surface area contributed by atoms with Crippen molar-refractivity contribution in [3.8, 4) is 0 Å². The Bertz CT molecular complexity index is 2020. The van der Waals surface area contributed by atoms with Gasteiger partial charge in [0.15, 0.2) is 18.7 Å². The Hall–Kier alpha value is -2.30. The van der Waals surface area contributed by atoms with Crippen LogP contribution in [0.5, 0.6) is 0 Å². The van der Waals surface area contributed by atoms with E-state index < -0.39 is 156 Å². The maximum absolute atomic E-state index is 14.3. The molecule has 558 valence electrons. The van der Waals surface area contributed by atoms with Crippen molar-refractivity contribution in [1.29, 1.82) is 0 Å². The average Bonchev–Trinajstić information content (AvgIpc) is 0.764. The first-order valence-electron chi connectivity index (χ1n) is 37.0. The van der Waals surface area contributed by atoms with Gasteiger partial charge in [0, 0.05) is 19.3 Å².